The highest BCUT2D eigenvalue weighted by atomic mass is 16.5. The minimum atomic E-state index is 0.241. The molecular weight excluding hydrogens is 198 g/mol. The molecule has 0 N–H and O–H groups in total. The van der Waals surface area contributed by atoms with Gasteiger partial charge in [-0.05, 0) is 17.2 Å². The average Bonchev–Trinajstić information content (AvgIpc) is 2.38. The molecule has 0 unspecified atom stereocenters. The summed E-state index contributed by atoms with van der Waals surface area (Å²) >= 11 is 0. The van der Waals surface area contributed by atoms with Crippen LogP contribution in [0, 0.1) is 12.3 Å². The molecule has 1 aromatic carbocycles. The second-order valence-electron chi connectivity index (χ2n) is 3.24. The predicted octanol–water partition coefficient (Wildman–Crippen LogP) is 2.76. The number of benzene rings is 1. The minimum Gasteiger partial charge on any atom is -0.464 e. The molecule has 0 aliphatic rings. The van der Waals surface area contributed by atoms with Crippen LogP contribution in [0.3, 0.4) is 0 Å². The quantitative estimate of drug-likeness (QED) is 0.725. The molecule has 1 aromatic heterocycles. The largest absolute Gasteiger partial charge is 0.464 e. The van der Waals surface area contributed by atoms with Crippen molar-refractivity contribution in [3.63, 3.8) is 0 Å². The van der Waals surface area contributed by atoms with E-state index in [1.807, 2.05) is 42.5 Å². The summed E-state index contributed by atoms with van der Waals surface area (Å²) in [5, 5.41) is 0. The fourth-order valence-electron chi connectivity index (χ4n) is 1.41. The summed E-state index contributed by atoms with van der Waals surface area (Å²) in [6.07, 6.45) is 6.84. The van der Waals surface area contributed by atoms with Gasteiger partial charge in [0.25, 0.3) is 0 Å². The van der Waals surface area contributed by atoms with Crippen LogP contribution in [0.1, 0.15) is 0 Å². The lowest BCUT2D eigenvalue weighted by Gasteiger charge is -2.04. The normalized spacial score (nSPS) is 9.44. The number of ether oxygens (including phenoxy) is 1. The van der Waals surface area contributed by atoms with Crippen LogP contribution in [-0.2, 0) is 0 Å². The van der Waals surface area contributed by atoms with Gasteiger partial charge in [-0.3, -0.25) is 0 Å². The van der Waals surface area contributed by atoms with Crippen molar-refractivity contribution in [2.45, 2.75) is 0 Å². The number of aromatic nitrogens is 1. The maximum absolute atomic E-state index is 5.27. The standard InChI is InChI=1S/C14H11NO/c1-2-10-16-14-11-13(8-9-15-14)12-6-4-3-5-7-12/h1,3-9,11H,10H2. The van der Waals surface area contributed by atoms with E-state index in [1.54, 1.807) is 6.20 Å². The van der Waals surface area contributed by atoms with Crippen molar-refractivity contribution in [3.8, 4) is 29.4 Å². The summed E-state index contributed by atoms with van der Waals surface area (Å²) in [4.78, 5) is 4.08. The molecule has 0 atom stereocenters. The van der Waals surface area contributed by atoms with Gasteiger partial charge in [0.15, 0.2) is 6.61 Å². The average molecular weight is 209 g/mol. The Morgan fingerprint density at radius 2 is 1.94 bits per heavy atom. The molecule has 1 heterocycles. The van der Waals surface area contributed by atoms with Crippen molar-refractivity contribution in [1.29, 1.82) is 0 Å². The van der Waals surface area contributed by atoms with Gasteiger partial charge >= 0.3 is 0 Å². The highest BCUT2D eigenvalue weighted by Crippen LogP contribution is 2.21. The van der Waals surface area contributed by atoms with Crippen molar-refractivity contribution in [2.24, 2.45) is 0 Å². The Bertz CT molecular complexity index is 500. The topological polar surface area (TPSA) is 22.1 Å². The molecule has 0 aliphatic heterocycles. The van der Waals surface area contributed by atoms with Crippen LogP contribution in [0.2, 0.25) is 0 Å². The Hall–Kier alpha value is -2.27. The molecule has 0 radical (unpaired) electrons. The van der Waals surface area contributed by atoms with Crippen LogP contribution in [0.4, 0.5) is 0 Å². The van der Waals surface area contributed by atoms with Crippen molar-refractivity contribution in [2.75, 3.05) is 6.61 Å². The number of pyridine rings is 1. The highest BCUT2D eigenvalue weighted by molar-refractivity contribution is 5.63. The van der Waals surface area contributed by atoms with Crippen LogP contribution >= 0.6 is 0 Å². The SMILES string of the molecule is C#CCOc1cc(-c2ccccc2)ccn1. The fourth-order valence-corrected chi connectivity index (χ4v) is 1.41. The van der Waals surface area contributed by atoms with Gasteiger partial charge in [0.1, 0.15) is 0 Å². The van der Waals surface area contributed by atoms with E-state index in [9.17, 15) is 0 Å². The molecule has 2 aromatic rings. The summed E-state index contributed by atoms with van der Waals surface area (Å²) in [7, 11) is 0. The van der Waals surface area contributed by atoms with Crippen molar-refractivity contribution < 1.29 is 4.74 Å². The van der Waals surface area contributed by atoms with Gasteiger partial charge < -0.3 is 4.74 Å². The van der Waals surface area contributed by atoms with Crippen molar-refractivity contribution >= 4 is 0 Å². The summed E-state index contributed by atoms with van der Waals surface area (Å²) in [5.74, 6) is 2.97. The van der Waals surface area contributed by atoms with E-state index in [2.05, 4.69) is 10.9 Å². The van der Waals surface area contributed by atoms with Gasteiger partial charge in [0.2, 0.25) is 5.88 Å². The second kappa shape index (κ2) is 4.99. The molecule has 0 aliphatic carbocycles. The molecule has 0 fully saturated rings. The van der Waals surface area contributed by atoms with E-state index >= 15 is 0 Å². The van der Waals surface area contributed by atoms with Gasteiger partial charge in [0.05, 0.1) is 0 Å². The Morgan fingerprint density at radius 3 is 2.69 bits per heavy atom. The van der Waals surface area contributed by atoms with Crippen LogP contribution in [0.5, 0.6) is 5.88 Å². The molecule has 16 heavy (non-hydrogen) atoms. The van der Waals surface area contributed by atoms with Gasteiger partial charge in [-0.1, -0.05) is 36.3 Å². The molecule has 0 saturated heterocycles. The van der Waals surface area contributed by atoms with Gasteiger partial charge in [-0.2, -0.15) is 0 Å². The summed E-state index contributed by atoms with van der Waals surface area (Å²) < 4.78 is 5.27. The molecule has 0 amide bonds. The zero-order valence-corrected chi connectivity index (χ0v) is 8.76. The molecule has 2 rings (SSSR count). The lowest BCUT2D eigenvalue weighted by atomic mass is 10.1. The first-order chi connectivity index (χ1) is 7.90. The third kappa shape index (κ3) is 2.40. The number of hydrogen-bond donors (Lipinski definition) is 0. The molecule has 78 valence electrons. The van der Waals surface area contributed by atoms with E-state index in [0.29, 0.717) is 5.88 Å². The Kier molecular flexibility index (Phi) is 3.20. The van der Waals surface area contributed by atoms with E-state index < -0.39 is 0 Å². The number of rotatable bonds is 3. The third-order valence-corrected chi connectivity index (χ3v) is 2.15. The fraction of sp³-hybridized carbons (Fsp3) is 0.0714. The molecule has 0 bridgehead atoms. The minimum absolute atomic E-state index is 0.241. The van der Waals surface area contributed by atoms with Gasteiger partial charge in [-0.15, -0.1) is 6.42 Å². The summed E-state index contributed by atoms with van der Waals surface area (Å²) in [5.41, 5.74) is 2.21. The Labute approximate surface area is 94.9 Å². The zero-order chi connectivity index (χ0) is 11.2. The van der Waals surface area contributed by atoms with Crippen LogP contribution in [0.15, 0.2) is 48.7 Å². The molecule has 0 spiro atoms. The predicted molar refractivity (Wildman–Crippen MR) is 64.0 cm³/mol. The second-order valence-corrected chi connectivity index (χ2v) is 3.24. The number of hydrogen-bond acceptors (Lipinski definition) is 2. The zero-order valence-electron chi connectivity index (χ0n) is 8.76. The number of terminal acetylenes is 1. The van der Waals surface area contributed by atoms with Crippen LogP contribution in [0.25, 0.3) is 11.1 Å². The summed E-state index contributed by atoms with van der Waals surface area (Å²) in [6.45, 7) is 0.241. The smallest absolute Gasteiger partial charge is 0.214 e. The van der Waals surface area contributed by atoms with E-state index in [-0.39, 0.29) is 6.61 Å². The summed E-state index contributed by atoms with van der Waals surface area (Å²) in [6, 6.07) is 13.9. The third-order valence-electron chi connectivity index (χ3n) is 2.15. The first-order valence-electron chi connectivity index (χ1n) is 4.98. The Balaban J connectivity index is 2.26. The molecule has 2 nitrogen and oxygen atoms in total. The van der Waals surface area contributed by atoms with Crippen molar-refractivity contribution in [1.82, 2.24) is 4.98 Å². The van der Waals surface area contributed by atoms with Crippen LogP contribution < -0.4 is 4.74 Å². The van der Waals surface area contributed by atoms with Gasteiger partial charge in [0, 0.05) is 12.3 Å². The number of nitrogens with zero attached hydrogens (tertiary/aromatic N) is 1. The van der Waals surface area contributed by atoms with E-state index in [0.717, 1.165) is 11.1 Å². The first-order valence-corrected chi connectivity index (χ1v) is 4.98. The molecule has 2 heteroatoms. The monoisotopic (exact) mass is 209 g/mol. The maximum Gasteiger partial charge on any atom is 0.214 e. The van der Waals surface area contributed by atoms with Crippen molar-refractivity contribution in [3.05, 3.63) is 48.7 Å². The maximum atomic E-state index is 5.27. The van der Waals surface area contributed by atoms with E-state index in [1.165, 1.54) is 0 Å². The highest BCUT2D eigenvalue weighted by Gasteiger charge is 1.99. The lowest BCUT2D eigenvalue weighted by molar-refractivity contribution is 0.356. The van der Waals surface area contributed by atoms with Gasteiger partial charge in [-0.25, -0.2) is 4.98 Å². The molecule has 0 saturated carbocycles. The van der Waals surface area contributed by atoms with Crippen LogP contribution in [-0.4, -0.2) is 11.6 Å². The lowest BCUT2D eigenvalue weighted by Crippen LogP contribution is -1.95. The molecular formula is C14H11NO. The first kappa shape index (κ1) is 10.3. The van der Waals surface area contributed by atoms with E-state index in [4.69, 9.17) is 11.2 Å². The Morgan fingerprint density at radius 1 is 1.12 bits per heavy atom.